The number of fused-ring (bicyclic) bond motifs is 1. The predicted molar refractivity (Wildman–Crippen MR) is 95.4 cm³/mol. The minimum atomic E-state index is -3.66. The molecule has 0 saturated carbocycles. The fraction of sp³-hybridized carbons (Fsp3) is 0.105. The number of nitrogens with zero attached hydrogens (tertiary/aromatic N) is 1. The fourth-order valence-corrected chi connectivity index (χ4v) is 3.90. The van der Waals surface area contributed by atoms with Gasteiger partial charge >= 0.3 is 0 Å². The standard InChI is InChI=1S/C19H17NO3S/c1-14-6-10-17(11-7-14)24(22,23)20-13-12-18-16(9-8-15(2)21)4-3-5-19(18)20/h3-13H,1-2H3/b9-8+. The van der Waals surface area contributed by atoms with Gasteiger partial charge in [-0.1, -0.05) is 35.9 Å². The highest BCUT2D eigenvalue weighted by Crippen LogP contribution is 2.25. The predicted octanol–water partition coefficient (Wildman–Crippen LogP) is 3.79. The van der Waals surface area contributed by atoms with Gasteiger partial charge in [0.05, 0.1) is 10.4 Å². The molecule has 0 fully saturated rings. The number of carbonyl (C=O) groups is 1. The van der Waals surface area contributed by atoms with Gasteiger partial charge in [-0.15, -0.1) is 0 Å². The van der Waals surface area contributed by atoms with E-state index >= 15 is 0 Å². The molecule has 2 aromatic carbocycles. The molecule has 3 aromatic rings. The second kappa shape index (κ2) is 6.09. The molecule has 1 aromatic heterocycles. The quantitative estimate of drug-likeness (QED) is 0.680. The zero-order valence-corrected chi connectivity index (χ0v) is 14.2. The van der Waals surface area contributed by atoms with Gasteiger partial charge in [0.15, 0.2) is 5.78 Å². The van der Waals surface area contributed by atoms with Gasteiger partial charge in [-0.2, -0.15) is 0 Å². The van der Waals surface area contributed by atoms with Crippen LogP contribution < -0.4 is 0 Å². The number of ketones is 1. The molecule has 5 heteroatoms. The highest BCUT2D eigenvalue weighted by atomic mass is 32.2. The van der Waals surface area contributed by atoms with E-state index < -0.39 is 10.0 Å². The van der Waals surface area contributed by atoms with E-state index in [2.05, 4.69) is 0 Å². The lowest BCUT2D eigenvalue weighted by molar-refractivity contribution is -0.112. The monoisotopic (exact) mass is 339 g/mol. The molecule has 0 unspecified atom stereocenters. The average Bonchev–Trinajstić information content (AvgIpc) is 2.98. The summed E-state index contributed by atoms with van der Waals surface area (Å²) < 4.78 is 27.1. The Kier molecular flexibility index (Phi) is 4.11. The summed E-state index contributed by atoms with van der Waals surface area (Å²) in [5, 5.41) is 0.783. The van der Waals surface area contributed by atoms with E-state index in [4.69, 9.17) is 0 Å². The molecule has 0 amide bonds. The number of rotatable bonds is 4. The molecular weight excluding hydrogens is 322 g/mol. The zero-order valence-electron chi connectivity index (χ0n) is 13.4. The van der Waals surface area contributed by atoms with E-state index in [9.17, 15) is 13.2 Å². The van der Waals surface area contributed by atoms with Crippen molar-refractivity contribution in [2.24, 2.45) is 0 Å². The van der Waals surface area contributed by atoms with Crippen molar-refractivity contribution in [1.29, 1.82) is 0 Å². The summed E-state index contributed by atoms with van der Waals surface area (Å²) in [5.74, 6) is -0.0567. The normalized spacial score (nSPS) is 12.1. The van der Waals surface area contributed by atoms with Crippen LogP contribution in [0.3, 0.4) is 0 Å². The molecule has 0 aliphatic heterocycles. The largest absolute Gasteiger partial charge is 0.295 e. The highest BCUT2D eigenvalue weighted by molar-refractivity contribution is 7.90. The van der Waals surface area contributed by atoms with Crippen LogP contribution in [-0.2, 0) is 14.8 Å². The van der Waals surface area contributed by atoms with Crippen molar-refractivity contribution in [3.05, 3.63) is 71.9 Å². The lowest BCUT2D eigenvalue weighted by Gasteiger charge is -2.08. The smallest absolute Gasteiger partial charge is 0.268 e. The van der Waals surface area contributed by atoms with E-state index in [-0.39, 0.29) is 10.7 Å². The van der Waals surface area contributed by atoms with Gasteiger partial charge in [0, 0.05) is 11.6 Å². The minimum Gasteiger partial charge on any atom is -0.295 e. The summed E-state index contributed by atoms with van der Waals surface area (Å²) >= 11 is 0. The summed E-state index contributed by atoms with van der Waals surface area (Å²) in [7, 11) is -3.66. The first-order chi connectivity index (χ1) is 11.4. The number of benzene rings is 2. The van der Waals surface area contributed by atoms with Crippen molar-refractivity contribution < 1.29 is 13.2 Å². The summed E-state index contributed by atoms with van der Waals surface area (Å²) in [4.78, 5) is 11.4. The van der Waals surface area contributed by atoms with Crippen molar-refractivity contribution >= 4 is 32.8 Å². The average molecular weight is 339 g/mol. The molecule has 0 radical (unpaired) electrons. The van der Waals surface area contributed by atoms with Crippen LogP contribution in [0.5, 0.6) is 0 Å². The Labute approximate surface area is 141 Å². The first-order valence-corrected chi connectivity index (χ1v) is 8.94. The van der Waals surface area contributed by atoms with Crippen LogP contribution in [-0.4, -0.2) is 18.2 Å². The Morgan fingerprint density at radius 1 is 1.04 bits per heavy atom. The molecule has 0 atom stereocenters. The molecule has 0 saturated heterocycles. The Hall–Kier alpha value is -2.66. The van der Waals surface area contributed by atoms with Crippen molar-refractivity contribution in [3.63, 3.8) is 0 Å². The molecule has 3 rings (SSSR count). The van der Waals surface area contributed by atoms with Crippen molar-refractivity contribution in [3.8, 4) is 0 Å². The van der Waals surface area contributed by atoms with E-state index in [0.717, 1.165) is 16.5 Å². The van der Waals surface area contributed by atoms with Gasteiger partial charge in [0.2, 0.25) is 0 Å². The number of hydrogen-bond acceptors (Lipinski definition) is 3. The number of aromatic nitrogens is 1. The molecule has 0 bridgehead atoms. The minimum absolute atomic E-state index is 0.0567. The van der Waals surface area contributed by atoms with Crippen LogP contribution in [0, 0.1) is 6.92 Å². The molecular formula is C19H17NO3S. The molecule has 0 spiro atoms. The molecule has 0 aliphatic carbocycles. The molecule has 1 heterocycles. The van der Waals surface area contributed by atoms with Crippen LogP contribution in [0.25, 0.3) is 17.0 Å². The van der Waals surface area contributed by atoms with E-state index in [1.165, 1.54) is 17.0 Å². The summed E-state index contributed by atoms with van der Waals surface area (Å²) in [6, 6.07) is 13.9. The zero-order chi connectivity index (χ0) is 17.3. The van der Waals surface area contributed by atoms with Crippen LogP contribution >= 0.6 is 0 Å². The number of allylic oxidation sites excluding steroid dienone is 1. The van der Waals surface area contributed by atoms with Crippen LogP contribution in [0.2, 0.25) is 0 Å². The number of hydrogen-bond donors (Lipinski definition) is 0. The third-order valence-corrected chi connectivity index (χ3v) is 5.51. The van der Waals surface area contributed by atoms with Crippen LogP contribution in [0.15, 0.2) is 65.7 Å². The number of aryl methyl sites for hydroxylation is 1. The maximum Gasteiger partial charge on any atom is 0.268 e. The Morgan fingerprint density at radius 3 is 2.42 bits per heavy atom. The second-order valence-electron chi connectivity index (χ2n) is 5.65. The third-order valence-electron chi connectivity index (χ3n) is 3.81. The van der Waals surface area contributed by atoms with Gasteiger partial charge in [0.1, 0.15) is 0 Å². The summed E-state index contributed by atoms with van der Waals surface area (Å²) in [6.07, 6.45) is 4.72. The number of carbonyl (C=O) groups excluding carboxylic acids is 1. The first kappa shape index (κ1) is 16.2. The third kappa shape index (κ3) is 2.90. The maximum absolute atomic E-state index is 12.9. The maximum atomic E-state index is 12.9. The summed E-state index contributed by atoms with van der Waals surface area (Å²) in [6.45, 7) is 3.39. The van der Waals surface area contributed by atoms with Crippen LogP contribution in [0.1, 0.15) is 18.1 Å². The van der Waals surface area contributed by atoms with E-state index in [1.807, 2.05) is 13.0 Å². The lowest BCUT2D eigenvalue weighted by Crippen LogP contribution is -2.11. The van der Waals surface area contributed by atoms with E-state index in [1.54, 1.807) is 54.7 Å². The van der Waals surface area contributed by atoms with Crippen molar-refractivity contribution in [2.75, 3.05) is 0 Å². The van der Waals surface area contributed by atoms with Crippen molar-refractivity contribution in [2.45, 2.75) is 18.7 Å². The van der Waals surface area contributed by atoms with Gasteiger partial charge in [-0.05, 0) is 49.8 Å². The summed E-state index contributed by atoms with van der Waals surface area (Å²) in [5.41, 5.74) is 2.39. The molecule has 0 aliphatic rings. The Balaban J connectivity index is 2.16. The Bertz CT molecular complexity index is 1040. The SMILES string of the molecule is CC(=O)/C=C/c1cccc2c1ccn2S(=O)(=O)c1ccc(C)cc1. The van der Waals surface area contributed by atoms with Gasteiger partial charge < -0.3 is 0 Å². The molecule has 122 valence electrons. The molecule has 0 N–H and O–H groups in total. The molecule has 4 nitrogen and oxygen atoms in total. The van der Waals surface area contributed by atoms with Crippen molar-refractivity contribution in [1.82, 2.24) is 3.97 Å². The van der Waals surface area contributed by atoms with Gasteiger partial charge in [-0.25, -0.2) is 12.4 Å². The lowest BCUT2D eigenvalue weighted by atomic mass is 10.1. The molecule has 24 heavy (non-hydrogen) atoms. The first-order valence-electron chi connectivity index (χ1n) is 7.50. The van der Waals surface area contributed by atoms with E-state index in [0.29, 0.717) is 5.52 Å². The topological polar surface area (TPSA) is 56.1 Å². The fourth-order valence-electron chi connectivity index (χ4n) is 2.55. The second-order valence-corrected chi connectivity index (χ2v) is 7.47. The van der Waals surface area contributed by atoms with Gasteiger partial charge in [-0.3, -0.25) is 4.79 Å². The Morgan fingerprint density at radius 2 is 1.75 bits per heavy atom. The van der Waals surface area contributed by atoms with Crippen LogP contribution in [0.4, 0.5) is 0 Å². The van der Waals surface area contributed by atoms with Gasteiger partial charge in [0.25, 0.3) is 10.0 Å². The highest BCUT2D eigenvalue weighted by Gasteiger charge is 2.19.